The quantitative estimate of drug-likeness (QED) is 0.596. The van der Waals surface area contributed by atoms with E-state index in [9.17, 15) is 9.59 Å². The number of carbonyl (C=O) groups is 2. The van der Waals surface area contributed by atoms with Crippen LogP contribution in [0.25, 0.3) is 0 Å². The van der Waals surface area contributed by atoms with Crippen molar-refractivity contribution >= 4 is 39.8 Å². The van der Waals surface area contributed by atoms with Gasteiger partial charge < -0.3 is 10.1 Å². The molecule has 3 rings (SSSR count). The summed E-state index contributed by atoms with van der Waals surface area (Å²) in [4.78, 5) is 26.5. The second-order valence-corrected chi connectivity index (χ2v) is 10.1. The van der Waals surface area contributed by atoms with E-state index in [1.165, 1.54) is 16.2 Å². The molecule has 1 aromatic carbocycles. The summed E-state index contributed by atoms with van der Waals surface area (Å²) in [5.41, 5.74) is 2.68. The highest BCUT2D eigenvalue weighted by Gasteiger charge is 2.34. The summed E-state index contributed by atoms with van der Waals surface area (Å²) in [6.45, 7) is 8.89. The third kappa shape index (κ3) is 5.20. The Kier molecular flexibility index (Phi) is 6.69. The normalized spacial score (nSPS) is 16.2. The molecule has 1 atom stereocenters. The monoisotopic (exact) mass is 433 g/mol. The van der Waals surface area contributed by atoms with Gasteiger partial charge in [-0.3, -0.25) is 4.79 Å². The molecule has 0 spiro atoms. The Morgan fingerprint density at radius 3 is 2.55 bits per heavy atom. The molecule has 0 saturated carbocycles. The van der Waals surface area contributed by atoms with Gasteiger partial charge in [0, 0.05) is 9.90 Å². The number of esters is 1. The van der Waals surface area contributed by atoms with Crippen LogP contribution in [0.3, 0.4) is 0 Å². The highest BCUT2D eigenvalue weighted by atomic mass is 35.5. The first-order valence-electron chi connectivity index (χ1n) is 10.0. The fourth-order valence-electron chi connectivity index (χ4n) is 3.79. The second kappa shape index (κ2) is 8.88. The molecule has 0 fully saturated rings. The number of thiophene rings is 1. The van der Waals surface area contributed by atoms with Crippen LogP contribution >= 0.6 is 22.9 Å². The molecule has 1 unspecified atom stereocenters. The summed E-state index contributed by atoms with van der Waals surface area (Å²) in [6, 6.07) is 7.21. The van der Waals surface area contributed by atoms with Crippen molar-refractivity contribution in [3.8, 4) is 0 Å². The number of carbonyl (C=O) groups excluding carboxylic acids is 2. The molecule has 0 saturated heterocycles. The number of fused-ring (bicyclic) bond motifs is 1. The topological polar surface area (TPSA) is 55.4 Å². The Balaban J connectivity index is 1.85. The predicted octanol–water partition coefficient (Wildman–Crippen LogP) is 5.91. The molecule has 1 aliphatic carbocycles. The lowest BCUT2D eigenvalue weighted by molar-refractivity contribution is -0.115. The smallest absolute Gasteiger partial charge is 0.341 e. The number of rotatable bonds is 5. The van der Waals surface area contributed by atoms with E-state index in [4.69, 9.17) is 16.3 Å². The van der Waals surface area contributed by atoms with Crippen molar-refractivity contribution in [1.82, 2.24) is 0 Å². The summed E-state index contributed by atoms with van der Waals surface area (Å²) in [5, 5.41) is 4.22. The molecule has 0 aliphatic heterocycles. The molecular formula is C23H28ClNO3S. The molecule has 1 heterocycles. The third-order valence-electron chi connectivity index (χ3n) is 5.50. The van der Waals surface area contributed by atoms with Gasteiger partial charge in [0.05, 0.1) is 18.6 Å². The molecule has 29 heavy (non-hydrogen) atoms. The molecule has 1 amide bonds. The summed E-state index contributed by atoms with van der Waals surface area (Å²) < 4.78 is 5.30. The molecule has 0 radical (unpaired) electrons. The number of benzene rings is 1. The van der Waals surface area contributed by atoms with E-state index >= 15 is 0 Å². The number of halogens is 1. The van der Waals surface area contributed by atoms with Crippen LogP contribution in [0, 0.1) is 11.3 Å². The van der Waals surface area contributed by atoms with Crippen LogP contribution in [0.15, 0.2) is 24.3 Å². The summed E-state index contributed by atoms with van der Waals surface area (Å²) in [5.74, 6) is 0.0613. The van der Waals surface area contributed by atoms with Gasteiger partial charge >= 0.3 is 5.97 Å². The fourth-order valence-corrected chi connectivity index (χ4v) is 5.25. The van der Waals surface area contributed by atoms with Crippen molar-refractivity contribution in [3.05, 3.63) is 50.9 Å². The van der Waals surface area contributed by atoms with Gasteiger partial charge in [-0.15, -0.1) is 11.3 Å². The van der Waals surface area contributed by atoms with Gasteiger partial charge in [0.15, 0.2) is 0 Å². The zero-order valence-corrected chi connectivity index (χ0v) is 19.0. The maximum atomic E-state index is 12.7. The van der Waals surface area contributed by atoms with Crippen LogP contribution in [0.5, 0.6) is 0 Å². The standard InChI is InChI=1S/C23H28ClNO3S/c1-5-28-22(27)20-17-11-8-15(23(2,3)4)13-18(17)29-21(20)25-19(26)12-14-6-9-16(24)10-7-14/h6-7,9-10,15H,5,8,11-13H2,1-4H3,(H,25,26). The van der Waals surface area contributed by atoms with Crippen LogP contribution in [0.1, 0.15) is 60.5 Å². The minimum atomic E-state index is -0.346. The lowest BCUT2D eigenvalue weighted by Gasteiger charge is -2.33. The van der Waals surface area contributed by atoms with Gasteiger partial charge in [-0.25, -0.2) is 4.79 Å². The molecule has 1 N–H and O–H groups in total. The van der Waals surface area contributed by atoms with Gasteiger partial charge in [-0.05, 0) is 60.8 Å². The van der Waals surface area contributed by atoms with Crippen LogP contribution in [0.2, 0.25) is 5.02 Å². The van der Waals surface area contributed by atoms with Crippen molar-refractivity contribution in [1.29, 1.82) is 0 Å². The summed E-state index contributed by atoms with van der Waals surface area (Å²) >= 11 is 7.44. The Morgan fingerprint density at radius 2 is 1.93 bits per heavy atom. The van der Waals surface area contributed by atoms with E-state index in [0.717, 1.165) is 30.4 Å². The van der Waals surface area contributed by atoms with Gasteiger partial charge in [0.1, 0.15) is 5.00 Å². The largest absolute Gasteiger partial charge is 0.462 e. The van der Waals surface area contributed by atoms with Crippen LogP contribution < -0.4 is 5.32 Å². The number of nitrogens with one attached hydrogen (secondary N) is 1. The van der Waals surface area contributed by atoms with E-state index in [-0.39, 0.29) is 23.7 Å². The number of hydrogen-bond donors (Lipinski definition) is 1. The number of ether oxygens (including phenoxy) is 1. The first kappa shape index (κ1) is 21.8. The molecule has 1 aromatic heterocycles. The molecule has 6 heteroatoms. The Labute approximate surface area is 181 Å². The average Bonchev–Trinajstić information content (AvgIpc) is 3.00. The summed E-state index contributed by atoms with van der Waals surface area (Å²) in [6.07, 6.45) is 3.04. The highest BCUT2D eigenvalue weighted by Crippen LogP contribution is 2.44. The van der Waals surface area contributed by atoms with Crippen LogP contribution in [0.4, 0.5) is 5.00 Å². The maximum absolute atomic E-state index is 12.7. The lowest BCUT2D eigenvalue weighted by atomic mass is 9.72. The fraction of sp³-hybridized carbons (Fsp3) is 0.478. The van der Waals surface area contributed by atoms with E-state index < -0.39 is 0 Å². The van der Waals surface area contributed by atoms with Crippen molar-refractivity contribution in [3.63, 3.8) is 0 Å². The van der Waals surface area contributed by atoms with Gasteiger partial charge in [-0.1, -0.05) is 44.5 Å². The van der Waals surface area contributed by atoms with E-state index in [0.29, 0.717) is 28.1 Å². The first-order chi connectivity index (χ1) is 13.7. The second-order valence-electron chi connectivity index (χ2n) is 8.59. The molecule has 156 valence electrons. The Morgan fingerprint density at radius 1 is 1.24 bits per heavy atom. The number of hydrogen-bond acceptors (Lipinski definition) is 4. The van der Waals surface area contributed by atoms with Crippen LogP contribution in [-0.4, -0.2) is 18.5 Å². The lowest BCUT2D eigenvalue weighted by Crippen LogP contribution is -2.26. The third-order valence-corrected chi connectivity index (χ3v) is 6.92. The zero-order chi connectivity index (χ0) is 21.2. The average molecular weight is 434 g/mol. The van der Waals surface area contributed by atoms with Crippen LogP contribution in [-0.2, 0) is 28.8 Å². The first-order valence-corrected chi connectivity index (χ1v) is 11.2. The number of amides is 1. The van der Waals surface area contributed by atoms with E-state index in [1.54, 1.807) is 19.1 Å². The van der Waals surface area contributed by atoms with Crippen molar-refractivity contribution in [2.45, 2.75) is 53.4 Å². The zero-order valence-electron chi connectivity index (χ0n) is 17.4. The molecule has 4 nitrogen and oxygen atoms in total. The molecule has 1 aliphatic rings. The minimum absolute atomic E-state index is 0.149. The SMILES string of the molecule is CCOC(=O)c1c(NC(=O)Cc2ccc(Cl)cc2)sc2c1CCC(C(C)(C)C)C2. The summed E-state index contributed by atoms with van der Waals surface area (Å²) in [7, 11) is 0. The van der Waals surface area contributed by atoms with Gasteiger partial charge in [0.25, 0.3) is 0 Å². The molecular weight excluding hydrogens is 406 g/mol. The minimum Gasteiger partial charge on any atom is -0.462 e. The van der Waals surface area contributed by atoms with Crippen molar-refractivity contribution in [2.75, 3.05) is 11.9 Å². The predicted molar refractivity (Wildman–Crippen MR) is 119 cm³/mol. The maximum Gasteiger partial charge on any atom is 0.341 e. The van der Waals surface area contributed by atoms with Gasteiger partial charge in [0.2, 0.25) is 5.91 Å². The van der Waals surface area contributed by atoms with E-state index in [2.05, 4.69) is 26.1 Å². The molecule has 2 aromatic rings. The molecule has 0 bridgehead atoms. The highest BCUT2D eigenvalue weighted by molar-refractivity contribution is 7.17. The van der Waals surface area contributed by atoms with Crippen molar-refractivity contribution < 1.29 is 14.3 Å². The van der Waals surface area contributed by atoms with Gasteiger partial charge in [-0.2, -0.15) is 0 Å². The van der Waals surface area contributed by atoms with Crippen molar-refractivity contribution in [2.24, 2.45) is 11.3 Å². The van der Waals surface area contributed by atoms with E-state index in [1.807, 2.05) is 12.1 Å². The Bertz CT molecular complexity index is 896. The number of anilines is 1. The Hall–Kier alpha value is -1.85.